The van der Waals surface area contributed by atoms with Crippen molar-refractivity contribution >= 4 is 17.4 Å². The van der Waals surface area contributed by atoms with E-state index in [1.807, 2.05) is 12.1 Å². The van der Waals surface area contributed by atoms with Crippen LogP contribution in [0.15, 0.2) is 36.4 Å². The van der Waals surface area contributed by atoms with Gasteiger partial charge in [-0.25, -0.2) is 0 Å². The lowest BCUT2D eigenvalue weighted by Crippen LogP contribution is -2.31. The van der Waals surface area contributed by atoms with Crippen LogP contribution in [-0.2, 0) is 17.8 Å². The van der Waals surface area contributed by atoms with Gasteiger partial charge in [-0.1, -0.05) is 29.8 Å². The van der Waals surface area contributed by atoms with Gasteiger partial charge in [0, 0.05) is 45.6 Å². The minimum Gasteiger partial charge on any atom is -0.356 e. The fourth-order valence-corrected chi connectivity index (χ4v) is 4.44. The van der Waals surface area contributed by atoms with Gasteiger partial charge in [0.05, 0.1) is 0 Å². The second-order valence-electron chi connectivity index (χ2n) is 8.93. The van der Waals surface area contributed by atoms with Gasteiger partial charge in [0.2, 0.25) is 5.91 Å². The number of carbonyl (C=O) groups excluding carboxylic acids is 1. The lowest BCUT2D eigenvalue weighted by atomic mass is 10.1. The third-order valence-electron chi connectivity index (χ3n) is 6.46. The summed E-state index contributed by atoms with van der Waals surface area (Å²) in [5.41, 5.74) is 3.35. The second-order valence-corrected chi connectivity index (χ2v) is 8.93. The number of hydrogen-bond donors (Lipinski definition) is 1. The van der Waals surface area contributed by atoms with Gasteiger partial charge < -0.3 is 10.2 Å². The van der Waals surface area contributed by atoms with E-state index in [-0.39, 0.29) is 5.91 Å². The van der Waals surface area contributed by atoms with Gasteiger partial charge in [0.25, 0.3) is 0 Å². The Kier molecular flexibility index (Phi) is 7.54. The summed E-state index contributed by atoms with van der Waals surface area (Å²) in [7, 11) is 0. The number of nitrogens with one attached hydrogen (secondary N) is 1. The average Bonchev–Trinajstić information content (AvgIpc) is 3.45. The van der Waals surface area contributed by atoms with Crippen LogP contribution in [0.1, 0.15) is 43.6 Å². The normalized spacial score (nSPS) is 16.4. The van der Waals surface area contributed by atoms with E-state index in [0.29, 0.717) is 24.4 Å². The van der Waals surface area contributed by atoms with Crippen LogP contribution in [0.5, 0.6) is 0 Å². The molecule has 8 nitrogen and oxygen atoms in total. The zero-order chi connectivity index (χ0) is 23.2. The quantitative estimate of drug-likeness (QED) is 0.513. The molecule has 1 aliphatic rings. The van der Waals surface area contributed by atoms with Gasteiger partial charge in [0.15, 0.2) is 11.5 Å². The highest BCUT2D eigenvalue weighted by Gasteiger charge is 2.23. The van der Waals surface area contributed by atoms with Crippen molar-refractivity contribution in [1.29, 1.82) is 0 Å². The van der Waals surface area contributed by atoms with E-state index in [4.69, 9.17) is 5.10 Å². The van der Waals surface area contributed by atoms with Gasteiger partial charge >= 0.3 is 0 Å². The molecule has 1 fully saturated rings. The monoisotopic (exact) mass is 449 g/mol. The molecule has 1 aromatic carbocycles. The number of nitrogens with zero attached hydrogens (tertiary/aromatic N) is 6. The SMILES string of the molecule is CCN(CC)c1ccc2nnc(CCC(=O)NCC3CCN(Cc4ccc(C)cc4)C3)n2n1. The number of aryl methyl sites for hydroxylation is 2. The largest absolute Gasteiger partial charge is 0.356 e. The molecule has 0 aliphatic carbocycles. The fourth-order valence-electron chi connectivity index (χ4n) is 4.44. The summed E-state index contributed by atoms with van der Waals surface area (Å²) < 4.78 is 1.76. The Labute approximate surface area is 196 Å². The second kappa shape index (κ2) is 10.7. The van der Waals surface area contributed by atoms with E-state index in [1.165, 1.54) is 11.1 Å². The van der Waals surface area contributed by atoms with Crippen LogP contribution in [0, 0.1) is 12.8 Å². The number of hydrogen-bond acceptors (Lipinski definition) is 6. The molecule has 0 radical (unpaired) electrons. The Hall–Kier alpha value is -3.00. The van der Waals surface area contributed by atoms with Gasteiger partial charge in [-0.05, 0) is 57.4 Å². The molecule has 1 N–H and O–H groups in total. The van der Waals surface area contributed by atoms with Gasteiger partial charge in [0.1, 0.15) is 5.82 Å². The van der Waals surface area contributed by atoms with Crippen LogP contribution in [0.3, 0.4) is 0 Å². The maximum absolute atomic E-state index is 12.5. The molecule has 1 atom stereocenters. The topological polar surface area (TPSA) is 78.7 Å². The molecule has 1 aliphatic heterocycles. The van der Waals surface area contributed by atoms with E-state index < -0.39 is 0 Å². The van der Waals surface area contributed by atoms with Crippen molar-refractivity contribution in [3.63, 3.8) is 0 Å². The Bertz CT molecular complexity index is 1060. The Morgan fingerprint density at radius 2 is 1.91 bits per heavy atom. The van der Waals surface area contributed by atoms with Crippen molar-refractivity contribution in [2.45, 2.75) is 46.6 Å². The molecule has 1 amide bonds. The molecule has 2 aromatic heterocycles. The predicted octanol–water partition coefficient (Wildman–Crippen LogP) is 2.85. The third-order valence-corrected chi connectivity index (χ3v) is 6.46. The van der Waals surface area contributed by atoms with Gasteiger partial charge in [-0.3, -0.25) is 9.69 Å². The van der Waals surface area contributed by atoms with Crippen molar-refractivity contribution in [1.82, 2.24) is 30.0 Å². The first kappa shape index (κ1) is 23.2. The summed E-state index contributed by atoms with van der Waals surface area (Å²) in [5, 5.41) is 16.3. The molecule has 0 bridgehead atoms. The molecule has 3 heterocycles. The molecular weight excluding hydrogens is 414 g/mol. The van der Waals surface area contributed by atoms with Gasteiger partial charge in [-0.2, -0.15) is 4.52 Å². The number of carbonyl (C=O) groups is 1. The van der Waals surface area contributed by atoms with E-state index in [1.54, 1.807) is 4.52 Å². The maximum atomic E-state index is 12.5. The minimum absolute atomic E-state index is 0.0589. The highest BCUT2D eigenvalue weighted by molar-refractivity contribution is 5.76. The zero-order valence-corrected chi connectivity index (χ0v) is 20.0. The fraction of sp³-hybridized carbons (Fsp3) is 0.520. The van der Waals surface area contributed by atoms with Gasteiger partial charge in [-0.15, -0.1) is 15.3 Å². The number of rotatable bonds is 10. The van der Waals surface area contributed by atoms with Crippen molar-refractivity contribution in [3.8, 4) is 0 Å². The highest BCUT2D eigenvalue weighted by Crippen LogP contribution is 2.18. The summed E-state index contributed by atoms with van der Waals surface area (Å²) in [6, 6.07) is 12.6. The molecule has 1 saturated heterocycles. The smallest absolute Gasteiger partial charge is 0.220 e. The molecule has 176 valence electrons. The number of likely N-dealkylation sites (tertiary alicyclic amines) is 1. The first-order valence-electron chi connectivity index (χ1n) is 12.1. The first-order chi connectivity index (χ1) is 16.1. The third kappa shape index (κ3) is 5.87. The van der Waals surface area contributed by atoms with E-state index in [0.717, 1.165) is 57.3 Å². The van der Waals surface area contributed by atoms with Crippen molar-refractivity contribution in [3.05, 3.63) is 53.3 Å². The maximum Gasteiger partial charge on any atom is 0.220 e. The number of benzene rings is 1. The molecule has 0 saturated carbocycles. The van der Waals surface area contributed by atoms with Crippen LogP contribution in [-0.4, -0.2) is 63.3 Å². The lowest BCUT2D eigenvalue weighted by Gasteiger charge is -2.19. The Balaban J connectivity index is 1.24. The van der Waals surface area contributed by atoms with Crippen molar-refractivity contribution in [2.75, 3.05) is 37.6 Å². The summed E-state index contributed by atoms with van der Waals surface area (Å²) in [4.78, 5) is 17.1. The Morgan fingerprint density at radius 1 is 1.12 bits per heavy atom. The van der Waals surface area contributed by atoms with E-state index >= 15 is 0 Å². The zero-order valence-electron chi connectivity index (χ0n) is 20.0. The highest BCUT2D eigenvalue weighted by atomic mass is 16.1. The molecule has 1 unspecified atom stereocenters. The van der Waals surface area contributed by atoms with Crippen molar-refractivity contribution < 1.29 is 4.79 Å². The lowest BCUT2D eigenvalue weighted by molar-refractivity contribution is -0.121. The van der Waals surface area contributed by atoms with Crippen LogP contribution >= 0.6 is 0 Å². The average molecular weight is 450 g/mol. The number of anilines is 1. The summed E-state index contributed by atoms with van der Waals surface area (Å²) in [5.74, 6) is 2.18. The standard InChI is InChI=1S/C25H35N7O/c1-4-31(5-2)24-11-10-22-27-28-23(32(22)29-24)12-13-25(33)26-16-21-14-15-30(18-21)17-20-8-6-19(3)7-9-20/h6-11,21H,4-5,12-18H2,1-3H3,(H,26,33). The molecule has 33 heavy (non-hydrogen) atoms. The van der Waals surface area contributed by atoms with Crippen molar-refractivity contribution in [2.24, 2.45) is 5.92 Å². The van der Waals surface area contributed by atoms with Crippen LogP contribution < -0.4 is 10.2 Å². The minimum atomic E-state index is 0.0589. The van der Waals surface area contributed by atoms with E-state index in [9.17, 15) is 4.79 Å². The number of aromatic nitrogens is 4. The molecular formula is C25H35N7O. The van der Waals surface area contributed by atoms with Crippen LogP contribution in [0.4, 0.5) is 5.82 Å². The molecule has 4 rings (SSSR count). The number of fused-ring (bicyclic) bond motifs is 1. The summed E-state index contributed by atoms with van der Waals surface area (Å²) >= 11 is 0. The molecule has 3 aromatic rings. The van der Waals surface area contributed by atoms with Crippen LogP contribution in [0.2, 0.25) is 0 Å². The van der Waals surface area contributed by atoms with E-state index in [2.05, 4.69) is 70.4 Å². The Morgan fingerprint density at radius 3 is 2.67 bits per heavy atom. The molecule has 0 spiro atoms. The summed E-state index contributed by atoms with van der Waals surface area (Å²) in [6.45, 7) is 11.9. The first-order valence-corrected chi connectivity index (χ1v) is 12.1. The summed E-state index contributed by atoms with van der Waals surface area (Å²) in [6.07, 6.45) is 2.03. The predicted molar refractivity (Wildman–Crippen MR) is 130 cm³/mol. The number of amides is 1. The molecule has 8 heteroatoms. The van der Waals surface area contributed by atoms with Crippen LogP contribution in [0.25, 0.3) is 5.65 Å².